The Balaban J connectivity index is 2.06. The van der Waals surface area contributed by atoms with Gasteiger partial charge >= 0.3 is 0 Å². The molecule has 0 radical (unpaired) electrons. The lowest BCUT2D eigenvalue weighted by molar-refractivity contribution is -0.404. The summed E-state index contributed by atoms with van der Waals surface area (Å²) in [7, 11) is 2.13. The predicted octanol–water partition coefficient (Wildman–Crippen LogP) is 3.50. The normalized spacial score (nSPS) is 16.1. The molecule has 0 saturated heterocycles. The maximum absolute atomic E-state index is 11.0. The van der Waals surface area contributed by atoms with Crippen molar-refractivity contribution in [1.29, 1.82) is 0 Å². The summed E-state index contributed by atoms with van der Waals surface area (Å²) < 4.78 is 2.29. The molecule has 0 saturated carbocycles. The first-order valence-electron chi connectivity index (χ1n) is 7.83. The molecule has 0 spiro atoms. The summed E-state index contributed by atoms with van der Waals surface area (Å²) in [6.07, 6.45) is 2.16. The number of hydrogen-bond acceptors (Lipinski definition) is 1. The van der Waals surface area contributed by atoms with Crippen LogP contribution in [0.15, 0.2) is 36.4 Å². The Morgan fingerprint density at radius 1 is 1.18 bits per heavy atom. The maximum Gasteiger partial charge on any atom is 0.217 e. The Labute approximate surface area is 131 Å². The lowest BCUT2D eigenvalue weighted by atomic mass is 9.77. The summed E-state index contributed by atoms with van der Waals surface area (Å²) in [5.74, 6) is -0.220. The van der Waals surface area contributed by atoms with Gasteiger partial charge in [0, 0.05) is 24.5 Å². The van der Waals surface area contributed by atoms with Crippen molar-refractivity contribution in [1.82, 2.24) is 0 Å². The molecule has 0 atom stereocenters. The zero-order valence-corrected chi connectivity index (χ0v) is 13.5. The monoisotopic (exact) mass is 295 g/mol. The van der Waals surface area contributed by atoms with Gasteiger partial charge < -0.3 is 5.73 Å². The van der Waals surface area contributed by atoms with Gasteiger partial charge in [-0.15, -0.1) is 0 Å². The van der Waals surface area contributed by atoms with Gasteiger partial charge in [0.15, 0.2) is 5.71 Å². The van der Waals surface area contributed by atoms with Crippen molar-refractivity contribution in [3.05, 3.63) is 42.0 Å². The van der Waals surface area contributed by atoms with E-state index in [2.05, 4.69) is 61.9 Å². The second-order valence-corrected chi connectivity index (χ2v) is 6.63. The molecule has 1 aliphatic rings. The van der Waals surface area contributed by atoms with Crippen LogP contribution in [-0.2, 0) is 10.2 Å². The largest absolute Gasteiger partial charge is 0.370 e. The van der Waals surface area contributed by atoms with E-state index < -0.39 is 0 Å². The Morgan fingerprint density at radius 2 is 1.91 bits per heavy atom. The number of amides is 1. The fraction of sp³-hybridized carbons (Fsp3) is 0.368. The number of nitrogens with zero attached hydrogens (tertiary/aromatic N) is 1. The first-order chi connectivity index (χ1) is 10.4. The van der Waals surface area contributed by atoms with Gasteiger partial charge in [0.1, 0.15) is 7.05 Å². The van der Waals surface area contributed by atoms with E-state index in [1.54, 1.807) is 0 Å². The van der Waals surface area contributed by atoms with E-state index in [1.165, 1.54) is 27.7 Å². The average molecular weight is 295 g/mol. The van der Waals surface area contributed by atoms with Crippen molar-refractivity contribution in [3.63, 3.8) is 0 Å². The molecule has 3 nitrogen and oxygen atoms in total. The molecule has 3 heteroatoms. The molecule has 22 heavy (non-hydrogen) atoms. The number of primary amides is 1. The smallest absolute Gasteiger partial charge is 0.217 e. The van der Waals surface area contributed by atoms with Crippen LogP contribution in [0.2, 0.25) is 0 Å². The molecular formula is C19H23N2O+. The Hall–Kier alpha value is -2.16. The quantitative estimate of drug-likeness (QED) is 0.862. The molecule has 0 aliphatic carbocycles. The fourth-order valence-electron chi connectivity index (χ4n) is 3.82. The number of rotatable bonds is 4. The van der Waals surface area contributed by atoms with Crippen LogP contribution in [0.5, 0.6) is 0 Å². The minimum atomic E-state index is -0.220. The van der Waals surface area contributed by atoms with Gasteiger partial charge in [-0.25, -0.2) is 4.58 Å². The molecule has 0 aromatic heterocycles. The number of carbonyl (C=O) groups is 1. The lowest BCUT2D eigenvalue weighted by Crippen LogP contribution is -2.29. The zero-order chi connectivity index (χ0) is 15.9. The summed E-state index contributed by atoms with van der Waals surface area (Å²) in [5, 5.41) is 2.60. The topological polar surface area (TPSA) is 46.1 Å². The second-order valence-electron chi connectivity index (χ2n) is 6.63. The molecule has 1 amide bonds. The predicted molar refractivity (Wildman–Crippen MR) is 90.9 cm³/mol. The van der Waals surface area contributed by atoms with Crippen molar-refractivity contribution in [2.24, 2.45) is 5.73 Å². The van der Waals surface area contributed by atoms with Crippen LogP contribution in [0.3, 0.4) is 0 Å². The first kappa shape index (κ1) is 14.8. The van der Waals surface area contributed by atoms with Crippen molar-refractivity contribution in [3.8, 4) is 0 Å². The lowest BCUT2D eigenvalue weighted by Gasteiger charge is -2.19. The molecule has 0 fully saturated rings. The highest BCUT2D eigenvalue weighted by molar-refractivity contribution is 6.02. The van der Waals surface area contributed by atoms with Crippen molar-refractivity contribution >= 4 is 28.1 Å². The number of carbonyl (C=O) groups excluding carboxylic acids is 1. The van der Waals surface area contributed by atoms with E-state index in [9.17, 15) is 4.79 Å². The standard InChI is InChI=1S/C19H22N2O/c1-19(2)16(9-6-10-17(20)22)21(3)15-12-11-13-7-4-5-8-14(13)18(15)19/h4-5,7-8,11-12H,6,9-10H2,1-3H3,(H-,20,22)/p+1. The molecule has 114 valence electrons. The van der Waals surface area contributed by atoms with Crippen LogP contribution >= 0.6 is 0 Å². The van der Waals surface area contributed by atoms with Gasteiger partial charge in [-0.1, -0.05) is 24.3 Å². The first-order valence-corrected chi connectivity index (χ1v) is 7.83. The third-order valence-corrected chi connectivity index (χ3v) is 4.86. The SMILES string of the molecule is C[N+]1=C(CCCC(N)=O)C(C)(C)c2c1ccc1ccccc21. The molecule has 2 N–H and O–H groups in total. The zero-order valence-electron chi connectivity index (χ0n) is 13.5. The van der Waals surface area contributed by atoms with Crippen LogP contribution in [0.1, 0.15) is 38.7 Å². The van der Waals surface area contributed by atoms with E-state index >= 15 is 0 Å². The van der Waals surface area contributed by atoms with Crippen molar-refractivity contribution in [2.75, 3.05) is 7.05 Å². The highest BCUT2D eigenvalue weighted by Gasteiger charge is 2.44. The van der Waals surface area contributed by atoms with E-state index in [0.717, 1.165) is 12.8 Å². The third-order valence-electron chi connectivity index (χ3n) is 4.86. The van der Waals surface area contributed by atoms with Crippen LogP contribution in [-0.4, -0.2) is 23.2 Å². The number of benzene rings is 2. The Morgan fingerprint density at radius 3 is 2.64 bits per heavy atom. The molecule has 3 rings (SSSR count). The van der Waals surface area contributed by atoms with Gasteiger partial charge in [-0.05, 0) is 37.1 Å². The minimum Gasteiger partial charge on any atom is -0.370 e. The fourth-order valence-corrected chi connectivity index (χ4v) is 3.82. The van der Waals surface area contributed by atoms with Gasteiger partial charge in [0.05, 0.1) is 5.41 Å². The maximum atomic E-state index is 11.0. The molecular weight excluding hydrogens is 272 g/mol. The number of hydrogen-bond donors (Lipinski definition) is 1. The van der Waals surface area contributed by atoms with Crippen LogP contribution < -0.4 is 5.73 Å². The molecule has 2 aromatic rings. The average Bonchev–Trinajstić information content (AvgIpc) is 2.67. The Bertz CT molecular complexity index is 787. The summed E-state index contributed by atoms with van der Waals surface area (Å²) in [4.78, 5) is 11.0. The van der Waals surface area contributed by atoms with Crippen molar-refractivity contribution < 1.29 is 9.37 Å². The molecule has 2 aromatic carbocycles. The Kier molecular flexibility index (Phi) is 3.51. The number of nitrogens with two attached hydrogens (primary N) is 1. The second kappa shape index (κ2) is 5.24. The molecule has 0 unspecified atom stereocenters. The summed E-state index contributed by atoms with van der Waals surface area (Å²) in [5.41, 5.74) is 9.28. The summed E-state index contributed by atoms with van der Waals surface area (Å²) in [6, 6.07) is 12.9. The van der Waals surface area contributed by atoms with E-state index in [-0.39, 0.29) is 11.3 Å². The van der Waals surface area contributed by atoms with E-state index in [0.29, 0.717) is 6.42 Å². The highest BCUT2D eigenvalue weighted by Crippen LogP contribution is 2.44. The van der Waals surface area contributed by atoms with Crippen LogP contribution in [0, 0.1) is 0 Å². The van der Waals surface area contributed by atoms with Crippen molar-refractivity contribution in [2.45, 2.75) is 38.5 Å². The summed E-state index contributed by atoms with van der Waals surface area (Å²) in [6.45, 7) is 4.56. The van der Waals surface area contributed by atoms with E-state index in [1.807, 2.05) is 0 Å². The molecule has 1 aliphatic heterocycles. The van der Waals surface area contributed by atoms with Crippen LogP contribution in [0.25, 0.3) is 10.8 Å². The summed E-state index contributed by atoms with van der Waals surface area (Å²) >= 11 is 0. The van der Waals surface area contributed by atoms with Gasteiger partial charge in [-0.2, -0.15) is 0 Å². The third kappa shape index (κ3) is 2.21. The van der Waals surface area contributed by atoms with Gasteiger partial charge in [-0.3, -0.25) is 4.79 Å². The molecule has 0 bridgehead atoms. The molecule has 1 heterocycles. The minimum absolute atomic E-state index is 0.0252. The van der Waals surface area contributed by atoms with E-state index in [4.69, 9.17) is 5.73 Å². The number of fused-ring (bicyclic) bond motifs is 3. The van der Waals surface area contributed by atoms with Crippen LogP contribution in [0.4, 0.5) is 5.69 Å². The van der Waals surface area contributed by atoms with Gasteiger partial charge in [0.2, 0.25) is 11.6 Å². The highest BCUT2D eigenvalue weighted by atomic mass is 16.1. The van der Waals surface area contributed by atoms with Gasteiger partial charge in [0.25, 0.3) is 0 Å².